The summed E-state index contributed by atoms with van der Waals surface area (Å²) in [6.07, 6.45) is 1.85. The molecule has 0 saturated carbocycles. The molecule has 1 unspecified atom stereocenters. The van der Waals surface area contributed by atoms with Crippen molar-refractivity contribution >= 4 is 0 Å². The van der Waals surface area contributed by atoms with Crippen LogP contribution in [-0.2, 0) is 6.54 Å². The van der Waals surface area contributed by atoms with E-state index in [9.17, 15) is 0 Å². The van der Waals surface area contributed by atoms with Gasteiger partial charge in [0, 0.05) is 5.56 Å². The smallest absolute Gasteiger partial charge is 0.214 e. The fourth-order valence-electron chi connectivity index (χ4n) is 1.53. The Hall–Kier alpha value is -1.03. The minimum atomic E-state index is 0.437. The maximum absolute atomic E-state index is 5.63. The van der Waals surface area contributed by atoms with Gasteiger partial charge in [0.25, 0.3) is 0 Å². The number of hydrogen-bond acceptors (Lipinski definition) is 3. The zero-order chi connectivity index (χ0) is 9.42. The van der Waals surface area contributed by atoms with Crippen LogP contribution in [0.15, 0.2) is 6.20 Å². The zero-order valence-corrected chi connectivity index (χ0v) is 8.32. The van der Waals surface area contributed by atoms with E-state index < -0.39 is 0 Å². The quantitative estimate of drug-likeness (QED) is 0.632. The summed E-state index contributed by atoms with van der Waals surface area (Å²) in [5.41, 5.74) is 1.12. The molecule has 0 saturated heterocycles. The van der Waals surface area contributed by atoms with E-state index in [1.165, 1.54) is 0 Å². The molecule has 1 atom stereocenters. The Morgan fingerprint density at radius 1 is 1.62 bits per heavy atom. The summed E-state index contributed by atoms with van der Waals surface area (Å²) in [5, 5.41) is 4.25. The fraction of sp³-hybridized carbons (Fsp3) is 0.667. The number of aromatic nitrogens is 2. The predicted molar refractivity (Wildman–Crippen MR) is 49.9 cm³/mol. The summed E-state index contributed by atoms with van der Waals surface area (Å²) in [5.74, 6) is 0.929. The van der Waals surface area contributed by atoms with E-state index in [2.05, 4.69) is 24.1 Å². The maximum atomic E-state index is 5.63. The van der Waals surface area contributed by atoms with Crippen LogP contribution in [0.1, 0.15) is 5.56 Å². The van der Waals surface area contributed by atoms with Crippen LogP contribution in [0.5, 0.6) is 5.88 Å². The molecule has 2 rings (SSSR count). The van der Waals surface area contributed by atoms with Crippen LogP contribution in [-0.4, -0.2) is 41.4 Å². The number of hydrogen-bond donors (Lipinski definition) is 0. The molecule has 4 heteroatoms. The summed E-state index contributed by atoms with van der Waals surface area (Å²) in [6, 6.07) is 0.437. The van der Waals surface area contributed by atoms with E-state index in [1.54, 1.807) is 0 Å². The second-order valence-corrected chi connectivity index (χ2v) is 3.74. The standard InChI is InChI=1S/C9H15N3O/c1-7-4-10-12-5-8(11(2)3)6-13-9(7)12/h4,8H,5-6H2,1-3H3. The minimum absolute atomic E-state index is 0.437. The van der Waals surface area contributed by atoms with Crippen LogP contribution in [0.3, 0.4) is 0 Å². The van der Waals surface area contributed by atoms with Gasteiger partial charge in [0.15, 0.2) is 0 Å². The van der Waals surface area contributed by atoms with Gasteiger partial charge in [0.05, 0.1) is 18.8 Å². The number of fused-ring (bicyclic) bond motifs is 1. The van der Waals surface area contributed by atoms with Crippen LogP contribution >= 0.6 is 0 Å². The van der Waals surface area contributed by atoms with Crippen LogP contribution in [0.4, 0.5) is 0 Å². The van der Waals surface area contributed by atoms with Gasteiger partial charge in [-0.25, -0.2) is 4.68 Å². The highest BCUT2D eigenvalue weighted by molar-refractivity contribution is 5.23. The highest BCUT2D eigenvalue weighted by Crippen LogP contribution is 2.22. The van der Waals surface area contributed by atoms with Gasteiger partial charge in [-0.15, -0.1) is 0 Å². The van der Waals surface area contributed by atoms with E-state index in [-0.39, 0.29) is 0 Å². The third kappa shape index (κ3) is 1.42. The Morgan fingerprint density at radius 3 is 3.08 bits per heavy atom. The van der Waals surface area contributed by atoms with Gasteiger partial charge in [0.1, 0.15) is 6.61 Å². The van der Waals surface area contributed by atoms with Crippen molar-refractivity contribution in [2.75, 3.05) is 20.7 Å². The molecule has 0 aliphatic carbocycles. The third-order valence-electron chi connectivity index (χ3n) is 2.49. The lowest BCUT2D eigenvalue weighted by molar-refractivity contribution is 0.119. The number of likely N-dealkylation sites (N-methyl/N-ethyl adjacent to an activating group) is 1. The van der Waals surface area contributed by atoms with Crippen molar-refractivity contribution in [1.82, 2.24) is 14.7 Å². The Labute approximate surface area is 78.1 Å². The Balaban J connectivity index is 2.21. The topological polar surface area (TPSA) is 30.3 Å². The lowest BCUT2D eigenvalue weighted by Gasteiger charge is -2.29. The van der Waals surface area contributed by atoms with Crippen LogP contribution in [0, 0.1) is 6.92 Å². The molecule has 13 heavy (non-hydrogen) atoms. The number of nitrogens with zero attached hydrogens (tertiary/aromatic N) is 3. The second-order valence-electron chi connectivity index (χ2n) is 3.74. The van der Waals surface area contributed by atoms with Crippen molar-refractivity contribution in [2.45, 2.75) is 19.5 Å². The highest BCUT2D eigenvalue weighted by atomic mass is 16.5. The molecule has 2 heterocycles. The summed E-state index contributed by atoms with van der Waals surface area (Å²) < 4.78 is 7.56. The molecule has 0 spiro atoms. The molecule has 0 fully saturated rings. The predicted octanol–water partition coefficient (Wildman–Crippen LogP) is 0.514. The normalized spacial score (nSPS) is 21.4. The van der Waals surface area contributed by atoms with Crippen LogP contribution < -0.4 is 4.74 Å². The van der Waals surface area contributed by atoms with Crippen molar-refractivity contribution in [1.29, 1.82) is 0 Å². The van der Waals surface area contributed by atoms with Gasteiger partial charge < -0.3 is 9.64 Å². The van der Waals surface area contributed by atoms with Gasteiger partial charge >= 0.3 is 0 Å². The van der Waals surface area contributed by atoms with Crippen molar-refractivity contribution in [2.24, 2.45) is 0 Å². The van der Waals surface area contributed by atoms with Gasteiger partial charge in [-0.3, -0.25) is 0 Å². The van der Waals surface area contributed by atoms with E-state index >= 15 is 0 Å². The maximum Gasteiger partial charge on any atom is 0.214 e. The van der Waals surface area contributed by atoms with Crippen molar-refractivity contribution in [3.8, 4) is 5.88 Å². The molecule has 1 aliphatic rings. The van der Waals surface area contributed by atoms with E-state index in [0.717, 1.165) is 24.6 Å². The first kappa shape index (κ1) is 8.56. The average Bonchev–Trinajstić information content (AvgIpc) is 2.47. The summed E-state index contributed by atoms with van der Waals surface area (Å²) in [6.45, 7) is 3.71. The van der Waals surface area contributed by atoms with E-state index in [1.807, 2.05) is 17.8 Å². The van der Waals surface area contributed by atoms with Crippen molar-refractivity contribution in [3.63, 3.8) is 0 Å². The molecule has 0 aromatic carbocycles. The van der Waals surface area contributed by atoms with Crippen molar-refractivity contribution in [3.05, 3.63) is 11.8 Å². The summed E-state index contributed by atoms with van der Waals surface area (Å²) in [4.78, 5) is 2.17. The molecule has 1 aromatic heterocycles. The Kier molecular flexibility index (Phi) is 2.00. The first-order valence-electron chi connectivity index (χ1n) is 4.50. The summed E-state index contributed by atoms with van der Waals surface area (Å²) in [7, 11) is 4.13. The SMILES string of the molecule is Cc1cnn2c1OCC(N(C)C)C2. The monoisotopic (exact) mass is 181 g/mol. The third-order valence-corrected chi connectivity index (χ3v) is 2.49. The number of rotatable bonds is 1. The van der Waals surface area contributed by atoms with Gasteiger partial charge in [0.2, 0.25) is 5.88 Å². The second kappa shape index (κ2) is 3.03. The number of aryl methyl sites for hydroxylation is 1. The zero-order valence-electron chi connectivity index (χ0n) is 8.32. The first-order chi connectivity index (χ1) is 6.18. The average molecular weight is 181 g/mol. The number of ether oxygens (including phenoxy) is 1. The van der Waals surface area contributed by atoms with Gasteiger partial charge in [-0.1, -0.05) is 0 Å². The lowest BCUT2D eigenvalue weighted by atomic mass is 10.2. The summed E-state index contributed by atoms with van der Waals surface area (Å²) >= 11 is 0. The van der Waals surface area contributed by atoms with E-state index in [4.69, 9.17) is 4.74 Å². The van der Waals surface area contributed by atoms with Crippen LogP contribution in [0.25, 0.3) is 0 Å². The molecular weight excluding hydrogens is 166 g/mol. The minimum Gasteiger partial charge on any atom is -0.476 e. The molecule has 0 radical (unpaired) electrons. The molecule has 1 aliphatic heterocycles. The first-order valence-corrected chi connectivity index (χ1v) is 4.50. The molecular formula is C9H15N3O. The molecule has 0 bridgehead atoms. The van der Waals surface area contributed by atoms with Gasteiger partial charge in [-0.05, 0) is 21.0 Å². The Morgan fingerprint density at radius 2 is 2.38 bits per heavy atom. The van der Waals surface area contributed by atoms with Crippen LogP contribution in [0.2, 0.25) is 0 Å². The Bertz CT molecular complexity index is 306. The van der Waals surface area contributed by atoms with Crippen molar-refractivity contribution < 1.29 is 4.74 Å². The van der Waals surface area contributed by atoms with E-state index in [0.29, 0.717) is 6.04 Å². The molecule has 72 valence electrons. The van der Waals surface area contributed by atoms with Gasteiger partial charge in [-0.2, -0.15) is 5.10 Å². The molecule has 0 amide bonds. The fourth-order valence-corrected chi connectivity index (χ4v) is 1.53. The molecule has 4 nitrogen and oxygen atoms in total. The largest absolute Gasteiger partial charge is 0.476 e. The molecule has 1 aromatic rings. The lowest BCUT2D eigenvalue weighted by Crippen LogP contribution is -2.41. The molecule has 0 N–H and O–H groups in total. The highest BCUT2D eigenvalue weighted by Gasteiger charge is 2.22.